The second kappa shape index (κ2) is 7.74. The fourth-order valence-corrected chi connectivity index (χ4v) is 0.381. The Kier molecular flexibility index (Phi) is 8.55. The van der Waals surface area contributed by atoms with E-state index in [1.54, 1.807) is 6.07 Å². The van der Waals surface area contributed by atoms with E-state index in [1.165, 1.54) is 6.92 Å². The average molecular weight is 167 g/mol. The van der Waals surface area contributed by atoms with E-state index >= 15 is 0 Å². The van der Waals surface area contributed by atoms with Crippen LogP contribution >= 0.6 is 0 Å². The normalized spacial score (nSPS) is 9.92. The minimum atomic E-state index is -0.494. The molecule has 0 heterocycles. The standard InChI is InChI=1S/C8H8FN.C2H6/c1-4-8(9)7(3)6(2)5-10;1-2/h4H,1-2H2,3H3;1-2H3/b8-7+;. The van der Waals surface area contributed by atoms with Gasteiger partial charge in [-0.15, -0.1) is 0 Å². The van der Waals surface area contributed by atoms with Crippen LogP contribution in [0.1, 0.15) is 20.8 Å². The molecular weight excluding hydrogens is 153 g/mol. The number of hydrogen-bond acceptors (Lipinski definition) is 1. The summed E-state index contributed by atoms with van der Waals surface area (Å²) in [4.78, 5) is 0. The second-order valence-electron chi connectivity index (χ2n) is 1.77. The Labute approximate surface area is 73.5 Å². The molecule has 12 heavy (non-hydrogen) atoms. The van der Waals surface area contributed by atoms with Crippen LogP contribution in [0.2, 0.25) is 0 Å². The lowest BCUT2D eigenvalue weighted by molar-refractivity contribution is 0.658. The zero-order valence-corrected chi connectivity index (χ0v) is 7.82. The van der Waals surface area contributed by atoms with Gasteiger partial charge in [0.1, 0.15) is 5.83 Å². The maximum atomic E-state index is 12.5. The molecule has 0 aliphatic carbocycles. The third kappa shape index (κ3) is 4.45. The van der Waals surface area contributed by atoms with Crippen LogP contribution in [-0.4, -0.2) is 0 Å². The van der Waals surface area contributed by atoms with E-state index in [2.05, 4.69) is 13.2 Å². The molecule has 0 N–H and O–H groups in total. The van der Waals surface area contributed by atoms with Gasteiger partial charge in [0.05, 0.1) is 11.6 Å². The highest BCUT2D eigenvalue weighted by Gasteiger charge is 1.99. The van der Waals surface area contributed by atoms with Crippen molar-refractivity contribution in [2.75, 3.05) is 0 Å². The number of halogens is 1. The highest BCUT2D eigenvalue weighted by atomic mass is 19.1. The summed E-state index contributed by atoms with van der Waals surface area (Å²) in [6, 6.07) is 1.74. The molecule has 1 nitrogen and oxygen atoms in total. The van der Waals surface area contributed by atoms with Gasteiger partial charge in [-0.25, -0.2) is 4.39 Å². The summed E-state index contributed by atoms with van der Waals surface area (Å²) in [5, 5.41) is 8.26. The molecule has 0 fully saturated rings. The van der Waals surface area contributed by atoms with Crippen LogP contribution in [0.3, 0.4) is 0 Å². The highest BCUT2D eigenvalue weighted by Crippen LogP contribution is 2.13. The maximum Gasteiger partial charge on any atom is 0.126 e. The van der Waals surface area contributed by atoms with Crippen LogP contribution in [0.4, 0.5) is 4.39 Å². The third-order valence-corrected chi connectivity index (χ3v) is 1.13. The third-order valence-electron chi connectivity index (χ3n) is 1.13. The van der Waals surface area contributed by atoms with Crippen LogP contribution in [0.15, 0.2) is 36.2 Å². The van der Waals surface area contributed by atoms with E-state index in [1.807, 2.05) is 13.8 Å². The number of nitrogens with zero attached hydrogens (tertiary/aromatic N) is 1. The lowest BCUT2D eigenvalue weighted by atomic mass is 10.1. The number of allylic oxidation sites excluding steroid dienone is 4. The van der Waals surface area contributed by atoms with Gasteiger partial charge in [-0.05, 0) is 13.0 Å². The molecule has 66 valence electrons. The summed E-state index contributed by atoms with van der Waals surface area (Å²) in [6.45, 7) is 12.0. The van der Waals surface area contributed by atoms with Crippen LogP contribution in [0, 0.1) is 11.3 Å². The Bertz CT molecular complexity index is 231. The van der Waals surface area contributed by atoms with Gasteiger partial charge in [-0.3, -0.25) is 0 Å². The highest BCUT2D eigenvalue weighted by molar-refractivity contribution is 5.41. The van der Waals surface area contributed by atoms with Crippen molar-refractivity contribution in [3.8, 4) is 6.07 Å². The quantitative estimate of drug-likeness (QED) is 0.456. The molecule has 0 radical (unpaired) electrons. The van der Waals surface area contributed by atoms with Gasteiger partial charge < -0.3 is 0 Å². The van der Waals surface area contributed by atoms with Crippen molar-refractivity contribution in [2.24, 2.45) is 0 Å². The number of hydrogen-bond donors (Lipinski definition) is 0. The van der Waals surface area contributed by atoms with E-state index in [9.17, 15) is 4.39 Å². The first-order valence-electron chi connectivity index (χ1n) is 3.71. The van der Waals surface area contributed by atoms with Crippen molar-refractivity contribution in [3.63, 3.8) is 0 Å². The van der Waals surface area contributed by atoms with Crippen molar-refractivity contribution < 1.29 is 4.39 Å². The van der Waals surface area contributed by atoms with Gasteiger partial charge in [-0.1, -0.05) is 27.0 Å². The molecule has 0 amide bonds. The SMILES string of the molecule is C=C/C(F)=C(/C)C(=C)C#N.CC. The lowest BCUT2D eigenvalue weighted by Crippen LogP contribution is -1.81. The average Bonchev–Trinajstić information content (AvgIpc) is 2.17. The molecule has 0 saturated heterocycles. The zero-order valence-electron chi connectivity index (χ0n) is 7.82. The predicted octanol–water partition coefficient (Wildman–Crippen LogP) is 3.52. The van der Waals surface area contributed by atoms with Crippen LogP contribution in [0.25, 0.3) is 0 Å². The summed E-state index contributed by atoms with van der Waals surface area (Å²) < 4.78 is 12.5. The molecule has 0 rings (SSSR count). The Hall–Kier alpha value is -1.36. The molecule has 0 aliphatic heterocycles. The Balaban J connectivity index is 0. The summed E-state index contributed by atoms with van der Waals surface area (Å²) in [5.74, 6) is -0.494. The number of rotatable bonds is 2. The monoisotopic (exact) mass is 167 g/mol. The van der Waals surface area contributed by atoms with Gasteiger partial charge in [-0.2, -0.15) is 5.26 Å². The van der Waals surface area contributed by atoms with Gasteiger partial charge in [0.25, 0.3) is 0 Å². The van der Waals surface area contributed by atoms with E-state index in [-0.39, 0.29) is 11.1 Å². The van der Waals surface area contributed by atoms with Crippen molar-refractivity contribution >= 4 is 0 Å². The summed E-state index contributed by atoms with van der Waals surface area (Å²) >= 11 is 0. The molecule has 0 aromatic heterocycles. The number of nitriles is 1. The fourth-order valence-electron chi connectivity index (χ4n) is 0.381. The van der Waals surface area contributed by atoms with Crippen molar-refractivity contribution in [1.82, 2.24) is 0 Å². The maximum absolute atomic E-state index is 12.5. The van der Waals surface area contributed by atoms with E-state index in [4.69, 9.17) is 5.26 Å². The smallest absolute Gasteiger partial charge is 0.126 e. The molecule has 0 aromatic carbocycles. The van der Waals surface area contributed by atoms with Gasteiger partial charge in [0.15, 0.2) is 0 Å². The largest absolute Gasteiger partial charge is 0.207 e. The van der Waals surface area contributed by atoms with E-state index in [0.29, 0.717) is 0 Å². The molecule has 0 spiro atoms. The molecule has 0 saturated carbocycles. The second-order valence-corrected chi connectivity index (χ2v) is 1.77. The van der Waals surface area contributed by atoms with Crippen molar-refractivity contribution in [3.05, 3.63) is 36.2 Å². The Morgan fingerprint density at radius 3 is 2.17 bits per heavy atom. The van der Waals surface area contributed by atoms with Gasteiger partial charge >= 0.3 is 0 Å². The van der Waals surface area contributed by atoms with Gasteiger partial charge in [0, 0.05) is 5.57 Å². The van der Waals surface area contributed by atoms with Crippen molar-refractivity contribution in [2.45, 2.75) is 20.8 Å². The van der Waals surface area contributed by atoms with Gasteiger partial charge in [0.2, 0.25) is 0 Å². The van der Waals surface area contributed by atoms with Crippen LogP contribution < -0.4 is 0 Å². The summed E-state index contributed by atoms with van der Waals surface area (Å²) in [7, 11) is 0. The first-order valence-corrected chi connectivity index (χ1v) is 3.71. The minimum Gasteiger partial charge on any atom is -0.207 e. The minimum absolute atomic E-state index is 0.136. The summed E-state index contributed by atoms with van der Waals surface area (Å²) in [6.07, 6.45) is 1.05. The molecule has 0 aliphatic rings. The summed E-state index contributed by atoms with van der Waals surface area (Å²) in [5.41, 5.74) is 0.384. The first kappa shape index (κ1) is 13.2. The zero-order chi connectivity index (χ0) is 10.1. The molecule has 2 heteroatoms. The van der Waals surface area contributed by atoms with E-state index in [0.717, 1.165) is 6.08 Å². The van der Waals surface area contributed by atoms with Crippen LogP contribution in [-0.2, 0) is 0 Å². The fraction of sp³-hybridized carbons (Fsp3) is 0.300. The Morgan fingerprint density at radius 2 is 1.92 bits per heavy atom. The predicted molar refractivity (Wildman–Crippen MR) is 50.1 cm³/mol. The first-order chi connectivity index (χ1) is 5.63. The molecular formula is C10H14FN. The van der Waals surface area contributed by atoms with Crippen LogP contribution in [0.5, 0.6) is 0 Å². The van der Waals surface area contributed by atoms with Crippen molar-refractivity contribution in [1.29, 1.82) is 5.26 Å². The Morgan fingerprint density at radius 1 is 1.50 bits per heavy atom. The molecule has 0 unspecified atom stereocenters. The lowest BCUT2D eigenvalue weighted by Gasteiger charge is -1.94. The topological polar surface area (TPSA) is 23.8 Å². The molecule has 0 bridgehead atoms. The van der Waals surface area contributed by atoms with E-state index < -0.39 is 5.83 Å². The molecule has 0 atom stereocenters. The molecule has 0 aromatic rings.